The highest BCUT2D eigenvalue weighted by atomic mass is 32.2. The number of methoxy groups -OCH3 is 2. The summed E-state index contributed by atoms with van der Waals surface area (Å²) in [4.78, 5) is 16.9. The first-order valence-corrected chi connectivity index (χ1v) is 12.3. The zero-order valence-electron chi connectivity index (χ0n) is 20.3. The van der Waals surface area contributed by atoms with Gasteiger partial charge in [-0.15, -0.1) is 0 Å². The molecule has 35 heavy (non-hydrogen) atoms. The number of benzene rings is 2. The van der Waals surface area contributed by atoms with Gasteiger partial charge in [0.1, 0.15) is 22.1 Å². The molecule has 0 aliphatic heterocycles. The average Bonchev–Trinajstić information content (AvgIpc) is 2.81. The van der Waals surface area contributed by atoms with E-state index < -0.39 is 21.5 Å². The highest BCUT2D eigenvalue weighted by molar-refractivity contribution is 7.89. The van der Waals surface area contributed by atoms with E-state index in [2.05, 4.69) is 15.0 Å². The molecule has 0 atom stereocenters. The predicted octanol–water partition coefficient (Wildman–Crippen LogP) is 3.90. The molecule has 2 N–H and O–H groups in total. The van der Waals surface area contributed by atoms with Crippen molar-refractivity contribution >= 4 is 15.9 Å². The minimum absolute atomic E-state index is 0.108. The number of amides is 1. The maximum Gasteiger partial charge on any atom is 0.251 e. The lowest BCUT2D eigenvalue weighted by Crippen LogP contribution is -2.40. The largest absolute Gasteiger partial charge is 0.497 e. The summed E-state index contributed by atoms with van der Waals surface area (Å²) in [6.07, 6.45) is 1.59. The molecule has 10 heteroatoms. The van der Waals surface area contributed by atoms with Gasteiger partial charge >= 0.3 is 0 Å². The maximum atomic E-state index is 12.8. The van der Waals surface area contributed by atoms with E-state index >= 15 is 0 Å². The van der Waals surface area contributed by atoms with Crippen molar-refractivity contribution in [3.63, 3.8) is 0 Å². The Morgan fingerprint density at radius 1 is 0.971 bits per heavy atom. The number of nitrogens with one attached hydrogen (secondary N) is 2. The molecule has 186 valence electrons. The Morgan fingerprint density at radius 3 is 2.34 bits per heavy atom. The molecule has 0 unspecified atom stereocenters. The van der Waals surface area contributed by atoms with E-state index in [1.54, 1.807) is 58.3 Å². The number of carbonyl (C=O) groups excluding carboxylic acids is 1. The monoisotopic (exact) mass is 499 g/mol. The van der Waals surface area contributed by atoms with Gasteiger partial charge in [-0.2, -0.15) is 0 Å². The smallest absolute Gasteiger partial charge is 0.251 e. The van der Waals surface area contributed by atoms with Crippen molar-refractivity contribution < 1.29 is 27.4 Å². The molecule has 0 aliphatic rings. The van der Waals surface area contributed by atoms with Crippen molar-refractivity contribution in [1.82, 2.24) is 15.0 Å². The Labute approximate surface area is 205 Å². The average molecular weight is 500 g/mol. The summed E-state index contributed by atoms with van der Waals surface area (Å²) in [6, 6.07) is 14.9. The van der Waals surface area contributed by atoms with Gasteiger partial charge in [-0.3, -0.25) is 4.79 Å². The number of hydrogen-bond donors (Lipinski definition) is 2. The summed E-state index contributed by atoms with van der Waals surface area (Å²) in [5.74, 6) is 1.37. The van der Waals surface area contributed by atoms with E-state index in [4.69, 9.17) is 14.2 Å². The molecular weight excluding hydrogens is 470 g/mol. The molecule has 3 aromatic rings. The molecule has 0 aliphatic carbocycles. The van der Waals surface area contributed by atoms with Crippen LogP contribution in [0.25, 0.3) is 0 Å². The van der Waals surface area contributed by atoms with Crippen molar-refractivity contribution in [2.45, 2.75) is 37.8 Å². The summed E-state index contributed by atoms with van der Waals surface area (Å²) < 4.78 is 44.3. The van der Waals surface area contributed by atoms with Gasteiger partial charge in [0, 0.05) is 36.0 Å². The van der Waals surface area contributed by atoms with Crippen LogP contribution in [0.1, 0.15) is 36.7 Å². The van der Waals surface area contributed by atoms with Crippen molar-refractivity contribution in [2.24, 2.45) is 0 Å². The van der Waals surface area contributed by atoms with Crippen LogP contribution in [0.5, 0.6) is 23.1 Å². The van der Waals surface area contributed by atoms with Crippen LogP contribution in [0.15, 0.2) is 65.7 Å². The van der Waals surface area contributed by atoms with Gasteiger partial charge in [-0.25, -0.2) is 18.1 Å². The van der Waals surface area contributed by atoms with Crippen molar-refractivity contribution in [1.29, 1.82) is 0 Å². The third-order valence-electron chi connectivity index (χ3n) is 4.67. The normalized spacial score (nSPS) is 11.6. The number of rotatable bonds is 9. The molecule has 0 radical (unpaired) electrons. The second-order valence-electron chi connectivity index (χ2n) is 8.69. The summed E-state index contributed by atoms with van der Waals surface area (Å²) in [7, 11) is -0.953. The van der Waals surface area contributed by atoms with Crippen LogP contribution in [0.3, 0.4) is 0 Å². The summed E-state index contributed by atoms with van der Waals surface area (Å²) in [6.45, 7) is 5.39. The first kappa shape index (κ1) is 26.0. The van der Waals surface area contributed by atoms with E-state index in [1.165, 1.54) is 25.3 Å². The number of aromatic nitrogens is 1. The van der Waals surface area contributed by atoms with Crippen LogP contribution >= 0.6 is 0 Å². The molecule has 0 saturated heterocycles. The molecule has 0 spiro atoms. The number of pyridine rings is 1. The molecule has 1 aromatic heterocycles. The first-order valence-electron chi connectivity index (χ1n) is 10.8. The Morgan fingerprint density at radius 2 is 1.71 bits per heavy atom. The van der Waals surface area contributed by atoms with Crippen LogP contribution in [-0.4, -0.2) is 39.1 Å². The van der Waals surface area contributed by atoms with Gasteiger partial charge in [0.15, 0.2) is 0 Å². The van der Waals surface area contributed by atoms with Gasteiger partial charge < -0.3 is 19.5 Å². The van der Waals surface area contributed by atoms with Gasteiger partial charge in [-0.1, -0.05) is 12.1 Å². The summed E-state index contributed by atoms with van der Waals surface area (Å²) in [5.41, 5.74) is 0.232. The molecule has 9 nitrogen and oxygen atoms in total. The summed E-state index contributed by atoms with van der Waals surface area (Å²) >= 11 is 0. The number of nitrogens with zero attached hydrogens (tertiary/aromatic N) is 1. The molecular formula is C25H29N3O6S. The van der Waals surface area contributed by atoms with Crippen LogP contribution in [0.2, 0.25) is 0 Å². The minimum atomic E-state index is -3.91. The van der Waals surface area contributed by atoms with Crippen molar-refractivity contribution in [2.75, 3.05) is 14.2 Å². The SMILES string of the molecule is COc1cccc(Oc2ccc(CNC(=O)c3ccc(OC)c(S(=O)(=O)NC(C)(C)C)c3)cn2)c1. The molecule has 0 saturated carbocycles. The maximum absolute atomic E-state index is 12.8. The van der Waals surface area contributed by atoms with E-state index in [0.717, 1.165) is 5.56 Å². The van der Waals surface area contributed by atoms with Gasteiger partial charge in [0.2, 0.25) is 15.9 Å². The third-order valence-corrected chi connectivity index (χ3v) is 6.45. The van der Waals surface area contributed by atoms with E-state index in [1.807, 2.05) is 12.1 Å². The number of ether oxygens (including phenoxy) is 3. The second kappa shape index (κ2) is 10.7. The second-order valence-corrected chi connectivity index (χ2v) is 10.3. The zero-order chi connectivity index (χ0) is 25.6. The van der Waals surface area contributed by atoms with Crippen LogP contribution in [-0.2, 0) is 16.6 Å². The Bertz CT molecular complexity index is 1290. The third kappa shape index (κ3) is 7.17. The van der Waals surface area contributed by atoms with Crippen LogP contribution < -0.4 is 24.2 Å². The highest BCUT2D eigenvalue weighted by Gasteiger charge is 2.26. The van der Waals surface area contributed by atoms with Crippen LogP contribution in [0, 0.1) is 0 Å². The highest BCUT2D eigenvalue weighted by Crippen LogP contribution is 2.26. The molecule has 1 heterocycles. The number of sulfonamides is 1. The zero-order valence-corrected chi connectivity index (χ0v) is 21.1. The number of carbonyl (C=O) groups is 1. The first-order chi connectivity index (χ1) is 16.5. The lowest BCUT2D eigenvalue weighted by molar-refractivity contribution is 0.0950. The van der Waals surface area contributed by atoms with Crippen molar-refractivity contribution in [3.8, 4) is 23.1 Å². The lowest BCUT2D eigenvalue weighted by atomic mass is 10.1. The fourth-order valence-corrected chi connectivity index (χ4v) is 4.75. The fraction of sp³-hybridized carbons (Fsp3) is 0.280. The van der Waals surface area contributed by atoms with E-state index in [0.29, 0.717) is 17.4 Å². The molecule has 0 fully saturated rings. The molecule has 0 bridgehead atoms. The topological polar surface area (TPSA) is 116 Å². The quantitative estimate of drug-likeness (QED) is 0.459. The molecule has 2 aromatic carbocycles. The number of hydrogen-bond acceptors (Lipinski definition) is 7. The molecule has 1 amide bonds. The van der Waals surface area contributed by atoms with Gasteiger partial charge in [-0.05, 0) is 56.7 Å². The molecule has 3 rings (SSSR count). The minimum Gasteiger partial charge on any atom is -0.497 e. The Balaban J connectivity index is 1.68. The Hall–Kier alpha value is -3.63. The van der Waals surface area contributed by atoms with Crippen LogP contribution in [0.4, 0.5) is 0 Å². The summed E-state index contributed by atoms with van der Waals surface area (Å²) in [5, 5.41) is 2.77. The van der Waals surface area contributed by atoms with Gasteiger partial charge in [0.05, 0.1) is 14.2 Å². The fourth-order valence-electron chi connectivity index (χ4n) is 3.13. The van der Waals surface area contributed by atoms with Gasteiger partial charge in [0.25, 0.3) is 5.91 Å². The predicted molar refractivity (Wildman–Crippen MR) is 132 cm³/mol. The van der Waals surface area contributed by atoms with E-state index in [9.17, 15) is 13.2 Å². The lowest BCUT2D eigenvalue weighted by Gasteiger charge is -2.21. The Kier molecular flexibility index (Phi) is 7.98. The standard InChI is InChI=1S/C25H29N3O6S/c1-25(2,3)28-35(30,31)22-13-18(10-11-21(22)33-5)24(29)27-16-17-9-12-23(26-15-17)34-20-8-6-7-19(14-20)32-4/h6-15,28H,16H2,1-5H3,(H,27,29). The van der Waals surface area contributed by atoms with Crippen molar-refractivity contribution in [3.05, 3.63) is 71.9 Å². The van der Waals surface area contributed by atoms with E-state index in [-0.39, 0.29) is 22.8 Å².